The number of hydrogen-bond acceptors (Lipinski definition) is 5. The van der Waals surface area contributed by atoms with E-state index in [1.807, 2.05) is 54.2 Å². The number of methoxy groups -OCH3 is 1. The maximum absolute atomic E-state index is 12.1. The first-order valence-corrected chi connectivity index (χ1v) is 11.8. The van der Waals surface area contributed by atoms with Gasteiger partial charge in [-0.1, -0.05) is 12.1 Å². The van der Waals surface area contributed by atoms with Crippen molar-refractivity contribution in [2.75, 3.05) is 25.1 Å². The number of carbonyl (C=O) groups is 1. The third-order valence-electron chi connectivity index (χ3n) is 6.83. The van der Waals surface area contributed by atoms with E-state index in [1.165, 1.54) is 4.90 Å². The van der Waals surface area contributed by atoms with Crippen LogP contribution in [0, 0.1) is 0 Å². The van der Waals surface area contributed by atoms with Gasteiger partial charge in [-0.3, -0.25) is 9.58 Å². The summed E-state index contributed by atoms with van der Waals surface area (Å²) in [7, 11) is 1.61. The number of ether oxygens (including phenoxy) is 2. The van der Waals surface area contributed by atoms with Crippen LogP contribution in [0.2, 0.25) is 0 Å². The van der Waals surface area contributed by atoms with E-state index in [9.17, 15) is 9.90 Å². The van der Waals surface area contributed by atoms with Crippen LogP contribution in [0.15, 0.2) is 48.8 Å². The Morgan fingerprint density at radius 3 is 2.62 bits per heavy atom. The van der Waals surface area contributed by atoms with Crippen molar-refractivity contribution in [3.63, 3.8) is 0 Å². The van der Waals surface area contributed by atoms with Crippen LogP contribution in [0.4, 0.5) is 10.5 Å². The Kier molecular flexibility index (Phi) is 6.15. The molecule has 2 N–H and O–H groups in total. The quantitative estimate of drug-likeness (QED) is 0.549. The number of nitrogens with zero attached hydrogens (tertiary/aromatic N) is 3. The molecule has 2 aliphatic rings. The molecule has 2 aromatic carbocycles. The van der Waals surface area contributed by atoms with Gasteiger partial charge in [0, 0.05) is 28.9 Å². The molecule has 178 valence electrons. The summed E-state index contributed by atoms with van der Waals surface area (Å²) in [5, 5.41) is 18.0. The Labute approximate surface area is 199 Å². The molecule has 0 bridgehead atoms. The summed E-state index contributed by atoms with van der Waals surface area (Å²) in [6.45, 7) is 3.92. The molecule has 0 unspecified atom stereocenters. The van der Waals surface area contributed by atoms with E-state index in [2.05, 4.69) is 16.6 Å². The largest absolute Gasteiger partial charge is 0.493 e. The highest BCUT2D eigenvalue weighted by atomic mass is 16.5. The van der Waals surface area contributed by atoms with Crippen LogP contribution in [0.1, 0.15) is 37.8 Å². The number of rotatable bonds is 5. The number of carboxylic acid groups (broad SMARTS) is 1. The SMILES string of the molecule is COc1ccccc1Oc1c(-c2cnn(C3CCNCC3)c2)ccc2c1CC[C@H](C)N2C(=O)O. The summed E-state index contributed by atoms with van der Waals surface area (Å²) in [4.78, 5) is 13.5. The lowest BCUT2D eigenvalue weighted by atomic mass is 9.92. The van der Waals surface area contributed by atoms with Crippen molar-refractivity contribution in [2.45, 2.75) is 44.7 Å². The fraction of sp³-hybridized carbons (Fsp3) is 0.385. The monoisotopic (exact) mass is 462 g/mol. The highest BCUT2D eigenvalue weighted by Gasteiger charge is 2.32. The average molecular weight is 463 g/mol. The summed E-state index contributed by atoms with van der Waals surface area (Å²) in [6, 6.07) is 11.6. The summed E-state index contributed by atoms with van der Waals surface area (Å²) in [6.07, 6.45) is 6.53. The number of hydrogen-bond donors (Lipinski definition) is 2. The zero-order valence-electron chi connectivity index (χ0n) is 19.5. The summed E-state index contributed by atoms with van der Waals surface area (Å²) in [5.41, 5.74) is 3.40. The Morgan fingerprint density at radius 1 is 1.12 bits per heavy atom. The molecule has 0 radical (unpaired) electrons. The number of nitrogens with one attached hydrogen (secondary N) is 1. The van der Waals surface area contributed by atoms with Gasteiger partial charge in [0.05, 0.1) is 25.0 Å². The number of piperidine rings is 1. The second-order valence-electron chi connectivity index (χ2n) is 8.92. The van der Waals surface area contributed by atoms with Crippen LogP contribution in [0.3, 0.4) is 0 Å². The van der Waals surface area contributed by atoms with Crippen molar-refractivity contribution in [1.82, 2.24) is 15.1 Å². The predicted octanol–water partition coefficient (Wildman–Crippen LogP) is 5.09. The Hall–Kier alpha value is -3.52. The number of amides is 1. The molecule has 8 nitrogen and oxygen atoms in total. The number of aromatic nitrogens is 2. The molecule has 1 atom stereocenters. The standard InChI is InChI=1S/C26H30N4O4/c1-17-7-8-21-22(30(17)26(31)32)10-9-20(25(21)34-24-6-4-3-5-23(24)33-2)18-15-28-29(16-18)19-11-13-27-14-12-19/h3-6,9-10,15-17,19,27H,7-8,11-14H2,1-2H3,(H,31,32)/t17-/m0/s1. The summed E-state index contributed by atoms with van der Waals surface area (Å²) < 4.78 is 14.1. The van der Waals surface area contributed by atoms with Crippen molar-refractivity contribution in [3.05, 3.63) is 54.4 Å². The lowest BCUT2D eigenvalue weighted by Crippen LogP contribution is -2.41. The van der Waals surface area contributed by atoms with Gasteiger partial charge < -0.3 is 19.9 Å². The second-order valence-corrected chi connectivity index (χ2v) is 8.92. The zero-order valence-corrected chi connectivity index (χ0v) is 19.5. The highest BCUT2D eigenvalue weighted by Crippen LogP contribution is 2.46. The van der Waals surface area contributed by atoms with Gasteiger partial charge in [-0.05, 0) is 70.0 Å². The van der Waals surface area contributed by atoms with E-state index in [1.54, 1.807) is 7.11 Å². The molecule has 1 aromatic heterocycles. The topological polar surface area (TPSA) is 88.9 Å². The molecule has 3 heterocycles. The minimum atomic E-state index is -0.955. The van der Waals surface area contributed by atoms with Gasteiger partial charge in [-0.2, -0.15) is 5.10 Å². The van der Waals surface area contributed by atoms with E-state index in [-0.39, 0.29) is 6.04 Å². The molecule has 0 saturated carbocycles. The van der Waals surface area contributed by atoms with E-state index < -0.39 is 6.09 Å². The predicted molar refractivity (Wildman–Crippen MR) is 130 cm³/mol. The Morgan fingerprint density at radius 2 is 1.88 bits per heavy atom. The van der Waals surface area contributed by atoms with Gasteiger partial charge in [0.15, 0.2) is 11.5 Å². The van der Waals surface area contributed by atoms with Crippen LogP contribution in [0.5, 0.6) is 17.2 Å². The molecule has 2 aliphatic heterocycles. The number of benzene rings is 2. The molecule has 1 fully saturated rings. The highest BCUT2D eigenvalue weighted by molar-refractivity contribution is 5.91. The van der Waals surface area contributed by atoms with Crippen molar-refractivity contribution in [1.29, 1.82) is 0 Å². The maximum atomic E-state index is 12.1. The number of anilines is 1. The lowest BCUT2D eigenvalue weighted by Gasteiger charge is -2.34. The molecule has 0 aliphatic carbocycles. The first kappa shape index (κ1) is 22.3. The third-order valence-corrected chi connectivity index (χ3v) is 6.83. The smallest absolute Gasteiger partial charge is 0.412 e. The van der Waals surface area contributed by atoms with Crippen molar-refractivity contribution in [2.24, 2.45) is 0 Å². The number of fused-ring (bicyclic) bond motifs is 1. The van der Waals surface area contributed by atoms with Gasteiger partial charge in [0.1, 0.15) is 5.75 Å². The number of para-hydroxylation sites is 2. The van der Waals surface area contributed by atoms with Gasteiger partial charge in [-0.15, -0.1) is 0 Å². The van der Waals surface area contributed by atoms with Crippen molar-refractivity contribution in [3.8, 4) is 28.4 Å². The fourth-order valence-electron chi connectivity index (χ4n) is 5.00. The molecule has 5 rings (SSSR count). The normalized spacial score (nSPS) is 18.4. The average Bonchev–Trinajstić information content (AvgIpc) is 3.35. The van der Waals surface area contributed by atoms with Crippen LogP contribution in [-0.2, 0) is 6.42 Å². The van der Waals surface area contributed by atoms with E-state index in [0.29, 0.717) is 29.0 Å². The molecule has 3 aromatic rings. The van der Waals surface area contributed by atoms with Crippen LogP contribution in [0.25, 0.3) is 11.1 Å². The lowest BCUT2D eigenvalue weighted by molar-refractivity contribution is 0.198. The Bertz CT molecular complexity index is 1190. The molecule has 1 amide bonds. The van der Waals surface area contributed by atoms with Crippen LogP contribution in [-0.4, -0.2) is 47.2 Å². The maximum Gasteiger partial charge on any atom is 0.412 e. The van der Waals surface area contributed by atoms with Gasteiger partial charge in [-0.25, -0.2) is 4.79 Å². The minimum Gasteiger partial charge on any atom is -0.493 e. The second kappa shape index (κ2) is 9.38. The van der Waals surface area contributed by atoms with E-state index in [0.717, 1.165) is 55.5 Å². The minimum absolute atomic E-state index is 0.0994. The van der Waals surface area contributed by atoms with Gasteiger partial charge >= 0.3 is 6.09 Å². The third kappa shape index (κ3) is 4.09. The molecule has 34 heavy (non-hydrogen) atoms. The summed E-state index contributed by atoms with van der Waals surface area (Å²) in [5.74, 6) is 1.87. The van der Waals surface area contributed by atoms with Crippen LogP contribution < -0.4 is 19.7 Å². The van der Waals surface area contributed by atoms with E-state index >= 15 is 0 Å². The molecular formula is C26H30N4O4. The summed E-state index contributed by atoms with van der Waals surface area (Å²) >= 11 is 0. The van der Waals surface area contributed by atoms with E-state index in [4.69, 9.17) is 9.47 Å². The van der Waals surface area contributed by atoms with Crippen LogP contribution >= 0.6 is 0 Å². The van der Waals surface area contributed by atoms with Gasteiger partial charge in [0.2, 0.25) is 0 Å². The zero-order chi connectivity index (χ0) is 23.7. The first-order chi connectivity index (χ1) is 16.6. The first-order valence-electron chi connectivity index (χ1n) is 11.8. The molecule has 8 heteroatoms. The van der Waals surface area contributed by atoms with Crippen molar-refractivity contribution < 1.29 is 19.4 Å². The molecule has 1 saturated heterocycles. The van der Waals surface area contributed by atoms with Crippen molar-refractivity contribution >= 4 is 11.8 Å². The Balaban J connectivity index is 1.62. The molecular weight excluding hydrogens is 432 g/mol. The van der Waals surface area contributed by atoms with Gasteiger partial charge in [0.25, 0.3) is 0 Å². The fourth-order valence-corrected chi connectivity index (χ4v) is 5.00. The molecule has 0 spiro atoms.